The lowest BCUT2D eigenvalue weighted by Crippen LogP contribution is -2.55. The van der Waals surface area contributed by atoms with Gasteiger partial charge in [-0.3, -0.25) is 4.90 Å². The van der Waals surface area contributed by atoms with Crippen LogP contribution in [0.1, 0.15) is 87.0 Å². The van der Waals surface area contributed by atoms with E-state index < -0.39 is 0 Å². The average molecular weight is 387 g/mol. The van der Waals surface area contributed by atoms with Crippen molar-refractivity contribution in [2.24, 2.45) is 5.73 Å². The predicted molar refractivity (Wildman–Crippen MR) is 125 cm³/mol. The zero-order valence-corrected chi connectivity index (χ0v) is 20.3. The van der Waals surface area contributed by atoms with E-state index in [-0.39, 0.29) is 5.54 Å². The molecule has 0 bridgehead atoms. The van der Waals surface area contributed by atoms with Gasteiger partial charge in [-0.25, -0.2) is 0 Å². The first kappa shape index (κ1) is 29.0. The molecule has 166 valence electrons. The molecule has 0 aromatic rings. The molecule has 2 saturated heterocycles. The van der Waals surface area contributed by atoms with Crippen LogP contribution in [0.2, 0.25) is 0 Å². The lowest BCUT2D eigenvalue weighted by atomic mass is 9.97. The minimum absolute atomic E-state index is 0.283. The summed E-state index contributed by atoms with van der Waals surface area (Å²) in [6.07, 6.45) is 8.02. The highest BCUT2D eigenvalue weighted by Crippen LogP contribution is 2.20. The maximum absolute atomic E-state index is 5.68. The smallest absolute Gasteiger partial charge is 0.0166 e. The van der Waals surface area contributed by atoms with Gasteiger partial charge in [-0.1, -0.05) is 47.5 Å². The number of nitrogens with two attached hydrogens (primary N) is 1. The monoisotopic (exact) mass is 386 g/mol. The number of nitrogens with zero attached hydrogens (tertiary/aromatic N) is 3. The summed E-state index contributed by atoms with van der Waals surface area (Å²) in [7, 11) is 2.19. The van der Waals surface area contributed by atoms with Gasteiger partial charge >= 0.3 is 0 Å². The van der Waals surface area contributed by atoms with Crippen LogP contribution in [0.25, 0.3) is 0 Å². The summed E-state index contributed by atoms with van der Waals surface area (Å²) in [6.45, 7) is 24.5. The number of unbranched alkanes of at least 4 members (excludes halogenated alkanes) is 1. The van der Waals surface area contributed by atoms with Crippen molar-refractivity contribution >= 4 is 0 Å². The normalized spacial score (nSPS) is 19.0. The molecule has 0 atom stereocenters. The van der Waals surface area contributed by atoms with Crippen molar-refractivity contribution in [1.82, 2.24) is 14.7 Å². The van der Waals surface area contributed by atoms with Gasteiger partial charge in [0.1, 0.15) is 0 Å². The lowest BCUT2D eigenvalue weighted by Gasteiger charge is -2.44. The highest BCUT2D eigenvalue weighted by Gasteiger charge is 2.28. The number of piperazine rings is 1. The molecule has 0 unspecified atom stereocenters. The largest absolute Gasteiger partial charge is 0.330 e. The van der Waals surface area contributed by atoms with Crippen LogP contribution in [0.3, 0.4) is 0 Å². The Kier molecular flexibility index (Phi) is 20.6. The number of rotatable bonds is 6. The van der Waals surface area contributed by atoms with Gasteiger partial charge in [0.2, 0.25) is 0 Å². The van der Waals surface area contributed by atoms with E-state index in [0.29, 0.717) is 0 Å². The first-order valence-corrected chi connectivity index (χ1v) is 11.9. The topological polar surface area (TPSA) is 35.7 Å². The minimum atomic E-state index is 0.283. The zero-order chi connectivity index (χ0) is 21.1. The second-order valence-electron chi connectivity index (χ2n) is 7.90. The van der Waals surface area contributed by atoms with Crippen molar-refractivity contribution in [3.05, 3.63) is 0 Å². The molecule has 0 aromatic heterocycles. The molecule has 4 nitrogen and oxygen atoms in total. The molecule has 2 rings (SSSR count). The third kappa shape index (κ3) is 14.5. The highest BCUT2D eigenvalue weighted by molar-refractivity contribution is 4.85. The Hall–Kier alpha value is -0.160. The molecule has 0 radical (unpaired) electrons. The van der Waals surface area contributed by atoms with Crippen LogP contribution >= 0.6 is 0 Å². The van der Waals surface area contributed by atoms with Gasteiger partial charge in [0.25, 0.3) is 0 Å². The first-order valence-electron chi connectivity index (χ1n) is 11.9. The maximum atomic E-state index is 5.68. The van der Waals surface area contributed by atoms with Gasteiger partial charge < -0.3 is 15.5 Å². The Morgan fingerprint density at radius 2 is 1.33 bits per heavy atom. The van der Waals surface area contributed by atoms with Gasteiger partial charge in [-0.2, -0.15) is 0 Å². The third-order valence-corrected chi connectivity index (χ3v) is 5.39. The second-order valence-corrected chi connectivity index (χ2v) is 7.90. The zero-order valence-electron chi connectivity index (χ0n) is 20.3. The molecule has 2 aliphatic rings. The van der Waals surface area contributed by atoms with Crippen LogP contribution in [0.15, 0.2) is 0 Å². The Bertz CT molecular complexity index is 280. The third-order valence-electron chi connectivity index (χ3n) is 5.39. The van der Waals surface area contributed by atoms with E-state index in [1.165, 1.54) is 77.9 Å². The molecule has 0 spiro atoms. The molecule has 0 amide bonds. The number of hydrogen-bond acceptors (Lipinski definition) is 4. The number of hydrogen-bond donors (Lipinski definition) is 1. The van der Waals surface area contributed by atoms with E-state index >= 15 is 0 Å². The highest BCUT2D eigenvalue weighted by atomic mass is 15.3. The van der Waals surface area contributed by atoms with E-state index in [4.69, 9.17) is 5.73 Å². The minimum Gasteiger partial charge on any atom is -0.330 e. The van der Waals surface area contributed by atoms with Crippen molar-refractivity contribution in [2.45, 2.75) is 92.5 Å². The molecule has 27 heavy (non-hydrogen) atoms. The van der Waals surface area contributed by atoms with E-state index in [2.05, 4.69) is 42.5 Å². The summed E-state index contributed by atoms with van der Waals surface area (Å²) < 4.78 is 0. The fourth-order valence-corrected chi connectivity index (χ4v) is 3.52. The summed E-state index contributed by atoms with van der Waals surface area (Å²) in [5, 5.41) is 0. The van der Waals surface area contributed by atoms with Crippen molar-refractivity contribution in [3.8, 4) is 0 Å². The predicted octanol–water partition coefficient (Wildman–Crippen LogP) is 4.69. The van der Waals surface area contributed by atoms with Gasteiger partial charge in [-0.05, 0) is 72.8 Å². The molecular weight excluding hydrogens is 332 g/mol. The molecule has 2 N–H and O–H groups in total. The summed E-state index contributed by atoms with van der Waals surface area (Å²) >= 11 is 0. The fourth-order valence-electron chi connectivity index (χ4n) is 3.52. The first-order chi connectivity index (χ1) is 13.0. The van der Waals surface area contributed by atoms with Crippen molar-refractivity contribution in [2.75, 3.05) is 59.4 Å². The Morgan fingerprint density at radius 1 is 0.815 bits per heavy atom. The molecule has 0 saturated carbocycles. The molecule has 0 aromatic carbocycles. The van der Waals surface area contributed by atoms with Gasteiger partial charge in [0.15, 0.2) is 0 Å². The maximum Gasteiger partial charge on any atom is 0.0166 e. The van der Waals surface area contributed by atoms with E-state index in [1.54, 1.807) is 0 Å². The molecule has 2 fully saturated rings. The summed E-state index contributed by atoms with van der Waals surface area (Å²) in [5.41, 5.74) is 5.96. The Morgan fingerprint density at radius 3 is 1.70 bits per heavy atom. The van der Waals surface area contributed by atoms with E-state index in [0.717, 1.165) is 13.0 Å². The fraction of sp³-hybridized carbons (Fsp3) is 1.00. The van der Waals surface area contributed by atoms with Gasteiger partial charge in [-0.15, -0.1) is 0 Å². The van der Waals surface area contributed by atoms with Crippen LogP contribution in [0.4, 0.5) is 0 Å². The Labute approximate surface area is 172 Å². The van der Waals surface area contributed by atoms with Crippen molar-refractivity contribution in [1.29, 1.82) is 0 Å². The van der Waals surface area contributed by atoms with Gasteiger partial charge in [0, 0.05) is 31.7 Å². The quantitative estimate of drug-likeness (QED) is 0.718. The van der Waals surface area contributed by atoms with E-state index in [9.17, 15) is 0 Å². The average Bonchev–Trinajstić information content (AvgIpc) is 2.71. The van der Waals surface area contributed by atoms with Crippen LogP contribution in [-0.2, 0) is 0 Å². The molecule has 2 aliphatic heterocycles. The lowest BCUT2D eigenvalue weighted by molar-refractivity contribution is 0.0482. The molecular formula is C23H54N4. The standard InChI is InChI=1S/C13H29N3.C6H13N.2C2H6/c1-4-5-8-15-9-11-16(12-10-15)13(2,3)6-7-14;1-7-5-3-2-4-6-7;2*1-2/h4-12,14H2,1-3H3;2-6H2,1H3;2*1-2H3. The van der Waals surface area contributed by atoms with Crippen LogP contribution < -0.4 is 5.73 Å². The van der Waals surface area contributed by atoms with Crippen molar-refractivity contribution in [3.63, 3.8) is 0 Å². The van der Waals surface area contributed by atoms with Crippen LogP contribution in [0, 0.1) is 0 Å². The van der Waals surface area contributed by atoms with E-state index in [1.807, 2.05) is 27.7 Å². The molecule has 2 heterocycles. The SMILES string of the molecule is CC.CC.CCCCN1CCN(C(C)(C)CCN)CC1.CN1CCCCC1. The summed E-state index contributed by atoms with van der Waals surface area (Å²) in [6, 6.07) is 0. The Balaban J connectivity index is 0. The van der Waals surface area contributed by atoms with Crippen LogP contribution in [0.5, 0.6) is 0 Å². The second kappa shape index (κ2) is 19.2. The molecule has 0 aliphatic carbocycles. The molecule has 4 heteroatoms. The van der Waals surface area contributed by atoms with Crippen LogP contribution in [-0.4, -0.2) is 79.6 Å². The van der Waals surface area contributed by atoms with Crippen molar-refractivity contribution < 1.29 is 0 Å². The number of likely N-dealkylation sites (tertiary alicyclic amines) is 1. The summed E-state index contributed by atoms with van der Waals surface area (Å²) in [4.78, 5) is 7.59. The van der Waals surface area contributed by atoms with Gasteiger partial charge in [0.05, 0.1) is 0 Å². The number of piperidine rings is 1. The summed E-state index contributed by atoms with van der Waals surface area (Å²) in [5.74, 6) is 0.